The number of aliphatic imine (C=N–C) groups is 1. The van der Waals surface area contributed by atoms with E-state index in [9.17, 15) is 4.39 Å². The number of nitrogens with one attached hydrogen (secondary N) is 1. The summed E-state index contributed by atoms with van der Waals surface area (Å²) in [5, 5.41) is 3.24. The zero-order valence-electron chi connectivity index (χ0n) is 11.9. The number of nitrogens with zero attached hydrogens (tertiary/aromatic N) is 2. The van der Waals surface area contributed by atoms with Crippen molar-refractivity contribution in [1.82, 2.24) is 10.2 Å². The molecule has 0 bridgehead atoms. The van der Waals surface area contributed by atoms with Gasteiger partial charge in [-0.25, -0.2) is 4.39 Å². The van der Waals surface area contributed by atoms with Crippen LogP contribution in [0.4, 0.5) is 4.39 Å². The van der Waals surface area contributed by atoms with E-state index in [4.69, 9.17) is 0 Å². The van der Waals surface area contributed by atoms with Crippen LogP contribution in [0.25, 0.3) is 0 Å². The zero-order chi connectivity index (χ0) is 13.9. The molecule has 19 heavy (non-hydrogen) atoms. The van der Waals surface area contributed by atoms with Crippen LogP contribution in [0.3, 0.4) is 0 Å². The van der Waals surface area contributed by atoms with Crippen LogP contribution < -0.4 is 5.32 Å². The highest BCUT2D eigenvalue weighted by atomic mass is 19.1. The fourth-order valence-corrected chi connectivity index (χ4v) is 2.44. The summed E-state index contributed by atoms with van der Waals surface area (Å²) in [5.41, 5.74) is 0.998. The minimum Gasteiger partial charge on any atom is -0.352 e. The first-order valence-electron chi connectivity index (χ1n) is 6.71. The Bertz CT molecular complexity index is 468. The van der Waals surface area contributed by atoms with Gasteiger partial charge in [-0.1, -0.05) is 32.0 Å². The maximum atomic E-state index is 13.6. The van der Waals surface area contributed by atoms with Crippen molar-refractivity contribution in [3.63, 3.8) is 0 Å². The summed E-state index contributed by atoms with van der Waals surface area (Å²) in [5.74, 6) is 0.682. The van der Waals surface area contributed by atoms with Gasteiger partial charge >= 0.3 is 0 Å². The molecule has 1 aromatic rings. The molecule has 0 atom stereocenters. The Hall–Kier alpha value is -1.58. The molecular formula is C15H22FN3. The summed E-state index contributed by atoms with van der Waals surface area (Å²) in [4.78, 5) is 6.53. The molecule has 0 radical (unpaired) electrons. The Balaban J connectivity index is 1.96. The van der Waals surface area contributed by atoms with Gasteiger partial charge in [0, 0.05) is 32.2 Å². The lowest BCUT2D eigenvalue weighted by atomic mass is 9.93. The summed E-state index contributed by atoms with van der Waals surface area (Å²) < 4.78 is 13.6. The Morgan fingerprint density at radius 2 is 2.16 bits per heavy atom. The van der Waals surface area contributed by atoms with E-state index < -0.39 is 0 Å². The summed E-state index contributed by atoms with van der Waals surface area (Å²) >= 11 is 0. The highest BCUT2D eigenvalue weighted by molar-refractivity contribution is 5.80. The fraction of sp³-hybridized carbons (Fsp3) is 0.533. The van der Waals surface area contributed by atoms with E-state index in [0.29, 0.717) is 17.5 Å². The van der Waals surface area contributed by atoms with Gasteiger partial charge in [-0.2, -0.15) is 0 Å². The van der Waals surface area contributed by atoms with Crippen LogP contribution >= 0.6 is 0 Å². The smallest absolute Gasteiger partial charge is 0.193 e. The topological polar surface area (TPSA) is 27.6 Å². The zero-order valence-corrected chi connectivity index (χ0v) is 11.9. The summed E-state index contributed by atoms with van der Waals surface area (Å²) in [7, 11) is 1.77. The van der Waals surface area contributed by atoms with Crippen LogP contribution in [0, 0.1) is 11.2 Å². The Morgan fingerprint density at radius 1 is 1.42 bits per heavy atom. The average molecular weight is 263 g/mol. The lowest BCUT2D eigenvalue weighted by Gasteiger charge is -2.23. The fourth-order valence-electron chi connectivity index (χ4n) is 2.44. The lowest BCUT2D eigenvalue weighted by Crippen LogP contribution is -2.40. The first kappa shape index (κ1) is 13.8. The molecule has 1 aromatic carbocycles. The molecule has 3 nitrogen and oxygen atoms in total. The van der Waals surface area contributed by atoms with Crippen LogP contribution in [0.1, 0.15) is 25.8 Å². The third-order valence-electron chi connectivity index (χ3n) is 3.58. The van der Waals surface area contributed by atoms with Gasteiger partial charge < -0.3 is 10.2 Å². The second-order valence-corrected chi connectivity index (χ2v) is 5.83. The van der Waals surface area contributed by atoms with E-state index in [1.807, 2.05) is 6.07 Å². The first-order valence-corrected chi connectivity index (χ1v) is 6.71. The lowest BCUT2D eigenvalue weighted by molar-refractivity contribution is 0.370. The summed E-state index contributed by atoms with van der Waals surface area (Å²) in [6, 6.07) is 6.83. The van der Waals surface area contributed by atoms with Gasteiger partial charge in [0.25, 0.3) is 0 Å². The van der Waals surface area contributed by atoms with Gasteiger partial charge in [0.1, 0.15) is 5.82 Å². The van der Waals surface area contributed by atoms with Crippen molar-refractivity contribution in [3.8, 4) is 0 Å². The quantitative estimate of drug-likeness (QED) is 0.656. The number of hydrogen-bond donors (Lipinski definition) is 1. The summed E-state index contributed by atoms with van der Waals surface area (Å²) in [6.45, 7) is 6.98. The van der Waals surface area contributed by atoms with Gasteiger partial charge in [0.2, 0.25) is 0 Å². The van der Waals surface area contributed by atoms with Crippen LogP contribution in [-0.4, -0.2) is 31.0 Å². The third kappa shape index (κ3) is 3.46. The molecule has 1 aliphatic rings. The normalized spacial score (nSPS) is 18.7. The van der Waals surface area contributed by atoms with E-state index in [1.165, 1.54) is 6.07 Å². The van der Waals surface area contributed by atoms with Crippen molar-refractivity contribution in [2.45, 2.75) is 26.8 Å². The maximum Gasteiger partial charge on any atom is 0.193 e. The molecule has 104 valence electrons. The number of benzene rings is 1. The predicted octanol–water partition coefficient (Wildman–Crippen LogP) is 2.63. The minimum absolute atomic E-state index is 0.174. The standard InChI is InChI=1S/C15H22FN3/c1-15(2)8-9-19(11-15)14(17-3)18-10-12-6-4-5-7-13(12)16/h4-7H,8-11H2,1-3H3,(H,17,18). The largest absolute Gasteiger partial charge is 0.352 e. The molecule has 0 spiro atoms. The third-order valence-corrected chi connectivity index (χ3v) is 3.58. The molecule has 0 aromatic heterocycles. The monoisotopic (exact) mass is 263 g/mol. The number of hydrogen-bond acceptors (Lipinski definition) is 1. The van der Waals surface area contributed by atoms with Crippen LogP contribution in [0.15, 0.2) is 29.3 Å². The number of halogens is 1. The highest BCUT2D eigenvalue weighted by Crippen LogP contribution is 2.28. The SMILES string of the molecule is CN=C(NCc1ccccc1F)N1CCC(C)(C)C1. The Labute approximate surface area is 114 Å². The Kier molecular flexibility index (Phi) is 4.08. The molecule has 1 N–H and O–H groups in total. The molecule has 0 amide bonds. The number of likely N-dealkylation sites (tertiary alicyclic amines) is 1. The Morgan fingerprint density at radius 3 is 2.74 bits per heavy atom. The molecule has 0 saturated carbocycles. The summed E-state index contributed by atoms with van der Waals surface area (Å²) in [6.07, 6.45) is 1.16. The second-order valence-electron chi connectivity index (χ2n) is 5.83. The first-order chi connectivity index (χ1) is 9.02. The molecule has 1 fully saturated rings. The van der Waals surface area contributed by atoms with E-state index >= 15 is 0 Å². The van der Waals surface area contributed by atoms with Gasteiger partial charge in [-0.05, 0) is 17.9 Å². The molecule has 1 saturated heterocycles. The van der Waals surface area contributed by atoms with Crippen molar-refractivity contribution >= 4 is 5.96 Å². The van der Waals surface area contributed by atoms with Gasteiger partial charge in [0.05, 0.1) is 0 Å². The number of guanidine groups is 1. The maximum absolute atomic E-state index is 13.6. The van der Waals surface area contributed by atoms with Crippen molar-refractivity contribution < 1.29 is 4.39 Å². The van der Waals surface area contributed by atoms with Crippen molar-refractivity contribution in [2.75, 3.05) is 20.1 Å². The molecule has 4 heteroatoms. The molecule has 0 unspecified atom stereocenters. The second kappa shape index (κ2) is 5.59. The molecule has 2 rings (SSSR count). The van der Waals surface area contributed by atoms with E-state index in [2.05, 4.69) is 29.1 Å². The van der Waals surface area contributed by atoms with Gasteiger partial charge in [-0.15, -0.1) is 0 Å². The van der Waals surface area contributed by atoms with E-state index in [0.717, 1.165) is 25.5 Å². The minimum atomic E-state index is -0.174. The molecular weight excluding hydrogens is 241 g/mol. The van der Waals surface area contributed by atoms with E-state index in [-0.39, 0.29) is 5.82 Å². The van der Waals surface area contributed by atoms with Crippen molar-refractivity contribution in [1.29, 1.82) is 0 Å². The van der Waals surface area contributed by atoms with Crippen LogP contribution in [0.2, 0.25) is 0 Å². The number of rotatable bonds is 2. The van der Waals surface area contributed by atoms with Crippen LogP contribution in [0.5, 0.6) is 0 Å². The van der Waals surface area contributed by atoms with Crippen molar-refractivity contribution in [2.24, 2.45) is 10.4 Å². The predicted molar refractivity (Wildman–Crippen MR) is 76.6 cm³/mol. The average Bonchev–Trinajstić information content (AvgIpc) is 2.73. The molecule has 0 aliphatic carbocycles. The van der Waals surface area contributed by atoms with E-state index in [1.54, 1.807) is 19.2 Å². The van der Waals surface area contributed by atoms with Gasteiger partial charge in [-0.3, -0.25) is 4.99 Å². The molecule has 1 aliphatic heterocycles. The molecule has 1 heterocycles. The van der Waals surface area contributed by atoms with Gasteiger partial charge in [0.15, 0.2) is 5.96 Å². The van der Waals surface area contributed by atoms with Crippen LogP contribution in [-0.2, 0) is 6.54 Å². The van der Waals surface area contributed by atoms with Crippen molar-refractivity contribution in [3.05, 3.63) is 35.6 Å². The highest BCUT2D eigenvalue weighted by Gasteiger charge is 2.30.